The second-order valence-corrected chi connectivity index (χ2v) is 6.21. The molecule has 0 amide bonds. The van der Waals surface area contributed by atoms with Crippen LogP contribution in [0.25, 0.3) is 0 Å². The lowest BCUT2D eigenvalue weighted by Crippen LogP contribution is -1.78. The molecule has 0 radical (unpaired) electrons. The molecule has 0 saturated carbocycles. The zero-order valence-electron chi connectivity index (χ0n) is 11.9. The van der Waals surface area contributed by atoms with E-state index in [9.17, 15) is 0 Å². The van der Waals surface area contributed by atoms with Gasteiger partial charge in [0.05, 0.1) is 12.9 Å². The predicted molar refractivity (Wildman–Crippen MR) is 93.4 cm³/mol. The van der Waals surface area contributed by atoms with Gasteiger partial charge in [0.25, 0.3) is 0 Å². The molecule has 3 heteroatoms. The molecule has 0 N–H and O–H groups in total. The van der Waals surface area contributed by atoms with Crippen LogP contribution in [-0.4, -0.2) is 6.61 Å². The second kappa shape index (κ2) is 9.37. The predicted octanol–water partition coefficient (Wildman–Crippen LogP) is 5.96. The van der Waals surface area contributed by atoms with Gasteiger partial charge in [0.2, 0.25) is 0 Å². The Balaban J connectivity index is 2.07. The molecule has 0 aliphatic heterocycles. The maximum absolute atomic E-state index is 5.31. The molecule has 0 heterocycles. The number of ether oxygens (including phenoxy) is 1. The highest BCUT2D eigenvalue weighted by Crippen LogP contribution is 2.31. The first-order valence-electron chi connectivity index (χ1n) is 6.81. The van der Waals surface area contributed by atoms with E-state index in [1.54, 1.807) is 29.8 Å². The minimum atomic E-state index is 0.686. The largest absolute Gasteiger partial charge is 0.501 e. The Bertz CT molecular complexity index is 577. The van der Waals surface area contributed by atoms with Gasteiger partial charge in [-0.1, -0.05) is 59.9 Å². The van der Waals surface area contributed by atoms with Gasteiger partial charge in [-0.15, -0.1) is 0 Å². The lowest BCUT2D eigenvalue weighted by atomic mass is 10.4. The van der Waals surface area contributed by atoms with Crippen molar-refractivity contribution in [1.29, 1.82) is 0 Å². The zero-order valence-corrected chi connectivity index (χ0v) is 13.6. The van der Waals surface area contributed by atoms with E-state index in [2.05, 4.69) is 53.9 Å². The summed E-state index contributed by atoms with van der Waals surface area (Å²) in [6.45, 7) is 2.67. The van der Waals surface area contributed by atoms with Crippen LogP contribution in [0.4, 0.5) is 0 Å². The number of allylic oxidation sites excluding steroid dienone is 1. The molecule has 0 saturated heterocycles. The lowest BCUT2D eigenvalue weighted by molar-refractivity contribution is 0.269. The van der Waals surface area contributed by atoms with Gasteiger partial charge in [0.15, 0.2) is 0 Å². The van der Waals surface area contributed by atoms with Crippen LogP contribution in [0.3, 0.4) is 0 Å². The Morgan fingerprint density at radius 2 is 1.57 bits per heavy atom. The number of benzene rings is 2. The third-order valence-electron chi connectivity index (χ3n) is 2.53. The van der Waals surface area contributed by atoms with Crippen LogP contribution in [-0.2, 0) is 4.74 Å². The van der Waals surface area contributed by atoms with Crippen LogP contribution < -0.4 is 0 Å². The molecule has 0 spiro atoms. The molecule has 0 atom stereocenters. The van der Waals surface area contributed by atoms with Crippen molar-refractivity contribution in [3.8, 4) is 0 Å². The van der Waals surface area contributed by atoms with Gasteiger partial charge >= 0.3 is 0 Å². The number of hydrogen-bond acceptors (Lipinski definition) is 3. The Hall–Kier alpha value is -1.58. The minimum absolute atomic E-state index is 0.686. The fraction of sp³-hybridized carbons (Fsp3) is 0.111. The summed E-state index contributed by atoms with van der Waals surface area (Å²) in [6.07, 6.45) is 3.77. The van der Waals surface area contributed by atoms with Crippen LogP contribution in [0.5, 0.6) is 0 Å². The first-order valence-corrected chi connectivity index (χ1v) is 8.51. The topological polar surface area (TPSA) is 9.23 Å². The highest BCUT2D eigenvalue weighted by Gasteiger charge is 1.98. The van der Waals surface area contributed by atoms with Crippen molar-refractivity contribution >= 4 is 23.5 Å². The van der Waals surface area contributed by atoms with Gasteiger partial charge in [0, 0.05) is 14.7 Å². The van der Waals surface area contributed by atoms with Gasteiger partial charge in [-0.3, -0.25) is 0 Å². The normalized spacial score (nSPS) is 11.8. The summed E-state index contributed by atoms with van der Waals surface area (Å²) in [7, 11) is 0. The summed E-state index contributed by atoms with van der Waals surface area (Å²) in [4.78, 5) is 3.61. The molecule has 2 aromatic rings. The van der Waals surface area contributed by atoms with E-state index in [-0.39, 0.29) is 0 Å². The molecule has 108 valence electrons. The molecule has 1 nitrogen and oxygen atoms in total. The highest BCUT2D eigenvalue weighted by molar-refractivity contribution is 8.06. The Kier molecular flexibility index (Phi) is 7.05. The molecule has 21 heavy (non-hydrogen) atoms. The van der Waals surface area contributed by atoms with Crippen molar-refractivity contribution in [2.75, 3.05) is 6.61 Å². The fourth-order valence-electron chi connectivity index (χ4n) is 1.56. The van der Waals surface area contributed by atoms with E-state index in [4.69, 9.17) is 4.74 Å². The highest BCUT2D eigenvalue weighted by atomic mass is 32.2. The van der Waals surface area contributed by atoms with E-state index in [1.807, 2.05) is 25.1 Å². The van der Waals surface area contributed by atoms with E-state index in [0.717, 1.165) is 4.91 Å². The van der Waals surface area contributed by atoms with Crippen molar-refractivity contribution in [3.63, 3.8) is 0 Å². The van der Waals surface area contributed by atoms with Crippen molar-refractivity contribution in [3.05, 3.63) is 83.3 Å². The van der Waals surface area contributed by atoms with Gasteiger partial charge < -0.3 is 4.74 Å². The van der Waals surface area contributed by atoms with Gasteiger partial charge in [-0.05, 0) is 42.7 Å². The summed E-state index contributed by atoms with van der Waals surface area (Å²) in [5.41, 5.74) is 0. The molecule has 0 aliphatic rings. The average Bonchev–Trinajstić information content (AvgIpc) is 2.54. The lowest BCUT2D eigenvalue weighted by Gasteiger charge is -2.03. The first-order chi connectivity index (χ1) is 10.4. The Morgan fingerprint density at radius 3 is 2.19 bits per heavy atom. The van der Waals surface area contributed by atoms with E-state index in [1.165, 1.54) is 9.79 Å². The van der Waals surface area contributed by atoms with Gasteiger partial charge in [-0.2, -0.15) is 0 Å². The van der Waals surface area contributed by atoms with Crippen LogP contribution in [0, 0.1) is 0 Å². The van der Waals surface area contributed by atoms with Crippen LogP contribution >= 0.6 is 23.5 Å². The van der Waals surface area contributed by atoms with E-state index in [0.29, 0.717) is 6.61 Å². The van der Waals surface area contributed by atoms with Gasteiger partial charge in [-0.25, -0.2) is 0 Å². The van der Waals surface area contributed by atoms with Gasteiger partial charge in [0.1, 0.15) is 0 Å². The molecule has 0 aromatic heterocycles. The molecule has 0 bridgehead atoms. The zero-order chi connectivity index (χ0) is 14.8. The van der Waals surface area contributed by atoms with Crippen LogP contribution in [0.1, 0.15) is 6.92 Å². The van der Waals surface area contributed by atoms with Crippen LogP contribution in [0.15, 0.2) is 93.1 Å². The van der Waals surface area contributed by atoms with Crippen molar-refractivity contribution in [2.24, 2.45) is 0 Å². The van der Waals surface area contributed by atoms with Crippen molar-refractivity contribution in [2.45, 2.75) is 16.7 Å². The summed E-state index contributed by atoms with van der Waals surface area (Å²) in [6, 6.07) is 20.7. The summed E-state index contributed by atoms with van der Waals surface area (Å²) in [5.74, 6) is 0. The first kappa shape index (κ1) is 15.8. The van der Waals surface area contributed by atoms with Crippen molar-refractivity contribution in [1.82, 2.24) is 0 Å². The van der Waals surface area contributed by atoms with E-state index < -0.39 is 0 Å². The molecule has 0 aliphatic carbocycles. The average molecular weight is 314 g/mol. The standard InChI is InChI=1S/C18H18OS2/c1-2-19-14-13-18(21-17-11-7-4-8-12-17)15-20-16-9-5-3-6-10-16/h3-15H,2H2,1H3. The number of rotatable bonds is 7. The third-order valence-corrected chi connectivity index (χ3v) is 4.59. The molecule has 2 rings (SSSR count). The second-order valence-electron chi connectivity index (χ2n) is 4.12. The fourth-order valence-corrected chi connectivity index (χ4v) is 3.23. The monoisotopic (exact) mass is 314 g/mol. The molecule has 2 aromatic carbocycles. The maximum Gasteiger partial charge on any atom is 0.0845 e. The molecule has 0 fully saturated rings. The number of hydrogen-bond donors (Lipinski definition) is 0. The Labute approximate surface area is 135 Å². The quantitative estimate of drug-likeness (QED) is 0.354. The number of thioether (sulfide) groups is 2. The maximum atomic E-state index is 5.31. The Morgan fingerprint density at radius 1 is 0.952 bits per heavy atom. The SMILES string of the molecule is CCOC=CC(=CSc1ccccc1)Sc1ccccc1. The minimum Gasteiger partial charge on any atom is -0.501 e. The van der Waals surface area contributed by atoms with Crippen molar-refractivity contribution < 1.29 is 4.74 Å². The van der Waals surface area contributed by atoms with Crippen LogP contribution in [0.2, 0.25) is 0 Å². The summed E-state index contributed by atoms with van der Waals surface area (Å²) in [5, 5.41) is 2.16. The molecular formula is C18H18OS2. The molecule has 0 unspecified atom stereocenters. The summed E-state index contributed by atoms with van der Waals surface area (Å²) >= 11 is 3.45. The van der Waals surface area contributed by atoms with E-state index >= 15 is 0 Å². The summed E-state index contributed by atoms with van der Waals surface area (Å²) < 4.78 is 5.31. The molecular weight excluding hydrogens is 296 g/mol. The third kappa shape index (κ3) is 6.15. The smallest absolute Gasteiger partial charge is 0.0845 e.